The molecule has 0 fully saturated rings. The molecule has 0 aliphatic heterocycles. The molecule has 0 bridgehead atoms. The molecule has 2 aromatic carbocycles. The fourth-order valence-electron chi connectivity index (χ4n) is 1.85. The zero-order valence-corrected chi connectivity index (χ0v) is 14.6. The molecule has 2 rings (SSSR count). The van der Waals surface area contributed by atoms with Gasteiger partial charge < -0.3 is 5.32 Å². The van der Waals surface area contributed by atoms with Crippen molar-refractivity contribution in [2.24, 2.45) is 0 Å². The van der Waals surface area contributed by atoms with Gasteiger partial charge in [-0.1, -0.05) is 35.9 Å². The summed E-state index contributed by atoms with van der Waals surface area (Å²) in [6.45, 7) is 4.09. The average molecular weight is 364 g/mol. The fraction of sp³-hybridized carbons (Fsp3) is 0.235. The van der Waals surface area contributed by atoms with Gasteiger partial charge in [-0.05, 0) is 53.0 Å². The maximum absolute atomic E-state index is 11.9. The van der Waals surface area contributed by atoms with E-state index in [2.05, 4.69) is 52.4 Å². The van der Waals surface area contributed by atoms with Crippen molar-refractivity contribution in [1.29, 1.82) is 0 Å². The summed E-state index contributed by atoms with van der Waals surface area (Å²) in [6, 6.07) is 14.3. The number of carbonyl (C=O) groups is 1. The summed E-state index contributed by atoms with van der Waals surface area (Å²) in [7, 11) is 0. The molecule has 0 saturated carbocycles. The van der Waals surface area contributed by atoms with Crippen molar-refractivity contribution in [1.82, 2.24) is 0 Å². The van der Waals surface area contributed by atoms with Gasteiger partial charge in [0.25, 0.3) is 0 Å². The highest BCUT2D eigenvalue weighted by atomic mass is 79.9. The quantitative estimate of drug-likeness (QED) is 0.814. The van der Waals surface area contributed by atoms with Crippen LogP contribution in [0, 0.1) is 13.8 Å². The van der Waals surface area contributed by atoms with Gasteiger partial charge in [0.2, 0.25) is 5.91 Å². The van der Waals surface area contributed by atoms with E-state index < -0.39 is 0 Å². The van der Waals surface area contributed by atoms with E-state index in [0.29, 0.717) is 5.75 Å². The summed E-state index contributed by atoms with van der Waals surface area (Å²) in [4.78, 5) is 11.9. The summed E-state index contributed by atoms with van der Waals surface area (Å²) in [5.74, 6) is 1.33. The number of halogens is 1. The molecule has 0 radical (unpaired) electrons. The molecule has 1 amide bonds. The lowest BCUT2D eigenvalue weighted by Crippen LogP contribution is -2.14. The SMILES string of the molecule is Cc1ccc(CSCC(=O)Nc2ccc(C)cc2Br)cc1. The van der Waals surface area contributed by atoms with Crippen LogP contribution in [0.15, 0.2) is 46.9 Å². The van der Waals surface area contributed by atoms with Crippen molar-refractivity contribution in [3.05, 3.63) is 63.6 Å². The van der Waals surface area contributed by atoms with Crippen molar-refractivity contribution in [2.75, 3.05) is 11.1 Å². The lowest BCUT2D eigenvalue weighted by atomic mass is 10.2. The zero-order chi connectivity index (χ0) is 15.2. The van der Waals surface area contributed by atoms with Crippen LogP contribution in [-0.2, 0) is 10.5 Å². The molecular weight excluding hydrogens is 346 g/mol. The van der Waals surface area contributed by atoms with Crippen molar-refractivity contribution in [2.45, 2.75) is 19.6 Å². The van der Waals surface area contributed by atoms with Crippen LogP contribution >= 0.6 is 27.7 Å². The largest absolute Gasteiger partial charge is 0.324 e. The Kier molecular flexibility index (Phi) is 5.88. The lowest BCUT2D eigenvalue weighted by Gasteiger charge is -2.08. The van der Waals surface area contributed by atoms with Crippen LogP contribution in [0.2, 0.25) is 0 Å². The zero-order valence-electron chi connectivity index (χ0n) is 12.2. The smallest absolute Gasteiger partial charge is 0.234 e. The summed E-state index contributed by atoms with van der Waals surface area (Å²) in [6.07, 6.45) is 0. The van der Waals surface area contributed by atoms with Crippen LogP contribution < -0.4 is 5.32 Å². The first kappa shape index (κ1) is 16.1. The number of hydrogen-bond donors (Lipinski definition) is 1. The number of aryl methyl sites for hydroxylation is 2. The first-order valence-corrected chi connectivity index (χ1v) is 8.68. The van der Waals surface area contributed by atoms with Gasteiger partial charge in [0.1, 0.15) is 0 Å². The number of thioether (sulfide) groups is 1. The first-order chi connectivity index (χ1) is 10.0. The third-order valence-electron chi connectivity index (χ3n) is 3.02. The van der Waals surface area contributed by atoms with Gasteiger partial charge in [-0.25, -0.2) is 0 Å². The minimum Gasteiger partial charge on any atom is -0.324 e. The third-order valence-corrected chi connectivity index (χ3v) is 4.68. The van der Waals surface area contributed by atoms with E-state index >= 15 is 0 Å². The molecule has 0 aliphatic rings. The Morgan fingerprint density at radius 1 is 1.10 bits per heavy atom. The molecule has 0 unspecified atom stereocenters. The predicted octanol–water partition coefficient (Wildman–Crippen LogP) is 4.94. The number of anilines is 1. The highest BCUT2D eigenvalue weighted by Crippen LogP contribution is 2.23. The number of nitrogens with one attached hydrogen (secondary N) is 1. The predicted molar refractivity (Wildman–Crippen MR) is 94.8 cm³/mol. The number of carbonyl (C=O) groups excluding carboxylic acids is 1. The Hall–Kier alpha value is -1.26. The highest BCUT2D eigenvalue weighted by Gasteiger charge is 2.06. The molecule has 2 nitrogen and oxygen atoms in total. The maximum Gasteiger partial charge on any atom is 0.234 e. The van der Waals surface area contributed by atoms with E-state index in [0.717, 1.165) is 21.5 Å². The Balaban J connectivity index is 1.81. The molecule has 4 heteroatoms. The molecule has 2 aromatic rings. The molecule has 0 aliphatic carbocycles. The van der Waals surface area contributed by atoms with E-state index in [4.69, 9.17) is 0 Å². The van der Waals surface area contributed by atoms with Crippen LogP contribution in [0.1, 0.15) is 16.7 Å². The summed E-state index contributed by atoms with van der Waals surface area (Å²) in [5.41, 5.74) is 4.48. The van der Waals surface area contributed by atoms with Crippen LogP contribution in [0.3, 0.4) is 0 Å². The molecule has 21 heavy (non-hydrogen) atoms. The molecule has 0 saturated heterocycles. The van der Waals surface area contributed by atoms with Crippen molar-refractivity contribution in [3.8, 4) is 0 Å². The molecular formula is C17H18BrNOS. The Bertz CT molecular complexity index is 625. The Morgan fingerprint density at radius 3 is 2.43 bits per heavy atom. The second-order valence-corrected chi connectivity index (χ2v) is 6.85. The highest BCUT2D eigenvalue weighted by molar-refractivity contribution is 9.10. The first-order valence-electron chi connectivity index (χ1n) is 6.74. The van der Waals surface area contributed by atoms with Gasteiger partial charge in [-0.15, -0.1) is 11.8 Å². The second kappa shape index (κ2) is 7.66. The third kappa shape index (κ3) is 5.21. The van der Waals surface area contributed by atoms with Gasteiger partial charge >= 0.3 is 0 Å². The average Bonchev–Trinajstić information content (AvgIpc) is 2.44. The van der Waals surface area contributed by atoms with Crippen LogP contribution in [-0.4, -0.2) is 11.7 Å². The molecule has 1 N–H and O–H groups in total. The van der Waals surface area contributed by atoms with Gasteiger partial charge in [-0.2, -0.15) is 0 Å². The van der Waals surface area contributed by atoms with Gasteiger partial charge in [0, 0.05) is 10.2 Å². The van der Waals surface area contributed by atoms with Gasteiger partial charge in [0.15, 0.2) is 0 Å². The van der Waals surface area contributed by atoms with E-state index in [1.807, 2.05) is 25.1 Å². The van der Waals surface area contributed by atoms with Crippen LogP contribution in [0.5, 0.6) is 0 Å². The van der Waals surface area contributed by atoms with E-state index in [9.17, 15) is 4.79 Å². The maximum atomic E-state index is 11.9. The molecule has 0 aromatic heterocycles. The number of hydrogen-bond acceptors (Lipinski definition) is 2. The topological polar surface area (TPSA) is 29.1 Å². The second-order valence-electron chi connectivity index (χ2n) is 5.01. The van der Waals surface area contributed by atoms with Crippen molar-refractivity contribution < 1.29 is 4.79 Å². The standard InChI is InChI=1S/C17H18BrNOS/c1-12-3-6-14(7-4-12)10-21-11-17(20)19-16-8-5-13(2)9-15(16)18/h3-9H,10-11H2,1-2H3,(H,19,20). The van der Waals surface area contributed by atoms with Crippen LogP contribution in [0.4, 0.5) is 5.69 Å². The minimum absolute atomic E-state index is 0.0247. The van der Waals surface area contributed by atoms with Crippen LogP contribution in [0.25, 0.3) is 0 Å². The number of benzene rings is 2. The number of amides is 1. The molecule has 0 spiro atoms. The Labute approximate surface area is 138 Å². The van der Waals surface area contributed by atoms with Crippen molar-refractivity contribution in [3.63, 3.8) is 0 Å². The molecule has 0 atom stereocenters. The molecule has 0 heterocycles. The Morgan fingerprint density at radius 2 is 1.76 bits per heavy atom. The molecule has 110 valence electrons. The summed E-state index contributed by atoms with van der Waals surface area (Å²) in [5, 5.41) is 2.93. The summed E-state index contributed by atoms with van der Waals surface area (Å²) < 4.78 is 0.916. The fourth-order valence-corrected chi connectivity index (χ4v) is 3.23. The number of rotatable bonds is 5. The van der Waals surface area contributed by atoms with E-state index in [1.54, 1.807) is 11.8 Å². The van der Waals surface area contributed by atoms with E-state index in [-0.39, 0.29) is 5.91 Å². The summed E-state index contributed by atoms with van der Waals surface area (Å²) >= 11 is 5.09. The monoisotopic (exact) mass is 363 g/mol. The van der Waals surface area contributed by atoms with Gasteiger partial charge in [0.05, 0.1) is 11.4 Å². The normalized spacial score (nSPS) is 10.4. The van der Waals surface area contributed by atoms with Gasteiger partial charge in [-0.3, -0.25) is 4.79 Å². The van der Waals surface area contributed by atoms with Crippen molar-refractivity contribution >= 4 is 39.3 Å². The van der Waals surface area contributed by atoms with E-state index in [1.165, 1.54) is 11.1 Å². The lowest BCUT2D eigenvalue weighted by molar-refractivity contribution is -0.113. The minimum atomic E-state index is 0.0247.